The molecule has 0 fully saturated rings. The minimum atomic E-state index is -4.67. The summed E-state index contributed by atoms with van der Waals surface area (Å²) in [6.45, 7) is 1.69. The third-order valence-corrected chi connectivity index (χ3v) is 4.66. The molecule has 0 atom stereocenters. The van der Waals surface area contributed by atoms with Gasteiger partial charge in [0, 0.05) is 0 Å². The van der Waals surface area contributed by atoms with E-state index in [-0.39, 0.29) is 11.3 Å². The highest BCUT2D eigenvalue weighted by molar-refractivity contribution is 7.92. The minimum absolute atomic E-state index is 0.0435. The van der Waals surface area contributed by atoms with Gasteiger partial charge in [-0.05, 0) is 37.3 Å². The Morgan fingerprint density at radius 1 is 1.12 bits per heavy atom. The van der Waals surface area contributed by atoms with Crippen molar-refractivity contribution in [1.82, 2.24) is 0 Å². The quantitative estimate of drug-likeness (QED) is 0.831. The number of ether oxygens (including phenoxy) is 1. The zero-order valence-electron chi connectivity index (χ0n) is 13.2. The standard InChI is InChI=1S/C16H14F3NO4S/c1-10-6-7-14(13(8-10)15(21)24-2)20-25(22,23)12-5-3-4-11(9-12)16(17,18)19/h3-9,20H,1-2H3. The molecule has 0 aliphatic rings. The van der Waals surface area contributed by atoms with E-state index in [1.165, 1.54) is 12.1 Å². The summed E-state index contributed by atoms with van der Waals surface area (Å²) >= 11 is 0. The molecule has 0 radical (unpaired) electrons. The Hall–Kier alpha value is -2.55. The van der Waals surface area contributed by atoms with Crippen molar-refractivity contribution < 1.29 is 31.1 Å². The molecule has 0 saturated heterocycles. The van der Waals surface area contributed by atoms with Crippen molar-refractivity contribution >= 4 is 21.7 Å². The SMILES string of the molecule is COC(=O)c1cc(C)ccc1NS(=O)(=O)c1cccc(C(F)(F)F)c1. The summed E-state index contributed by atoms with van der Waals surface area (Å²) in [5.74, 6) is -0.773. The van der Waals surface area contributed by atoms with Crippen LogP contribution in [0.2, 0.25) is 0 Å². The van der Waals surface area contributed by atoms with Gasteiger partial charge in [0.2, 0.25) is 0 Å². The Morgan fingerprint density at radius 3 is 2.40 bits per heavy atom. The van der Waals surface area contributed by atoms with Gasteiger partial charge in [0.15, 0.2) is 0 Å². The van der Waals surface area contributed by atoms with Crippen molar-refractivity contribution in [3.63, 3.8) is 0 Å². The van der Waals surface area contributed by atoms with Gasteiger partial charge in [-0.15, -0.1) is 0 Å². The van der Waals surface area contributed by atoms with Crippen LogP contribution in [0.1, 0.15) is 21.5 Å². The van der Waals surface area contributed by atoms with Crippen LogP contribution in [0.25, 0.3) is 0 Å². The number of benzene rings is 2. The zero-order chi connectivity index (χ0) is 18.8. The number of aryl methyl sites for hydroxylation is 1. The van der Waals surface area contributed by atoms with Gasteiger partial charge >= 0.3 is 12.1 Å². The number of halogens is 3. The number of sulfonamides is 1. The minimum Gasteiger partial charge on any atom is -0.465 e. The average Bonchev–Trinajstić information content (AvgIpc) is 2.55. The Kier molecular flexibility index (Phi) is 5.07. The number of esters is 1. The first-order valence-electron chi connectivity index (χ1n) is 6.93. The van der Waals surface area contributed by atoms with Crippen molar-refractivity contribution in [1.29, 1.82) is 0 Å². The van der Waals surface area contributed by atoms with Crippen LogP contribution in [0.4, 0.5) is 18.9 Å². The van der Waals surface area contributed by atoms with Gasteiger partial charge in [0.1, 0.15) is 0 Å². The van der Waals surface area contributed by atoms with E-state index in [1.807, 2.05) is 0 Å². The molecule has 0 aliphatic carbocycles. The van der Waals surface area contributed by atoms with Gasteiger partial charge in [-0.25, -0.2) is 13.2 Å². The van der Waals surface area contributed by atoms with Crippen LogP contribution in [-0.2, 0) is 20.9 Å². The first-order chi connectivity index (χ1) is 11.5. The summed E-state index contributed by atoms with van der Waals surface area (Å²) in [5.41, 5.74) is -0.539. The summed E-state index contributed by atoms with van der Waals surface area (Å²) in [5, 5.41) is 0. The fourth-order valence-electron chi connectivity index (χ4n) is 2.07. The van der Waals surface area contributed by atoms with Crippen molar-refractivity contribution in [2.24, 2.45) is 0 Å². The van der Waals surface area contributed by atoms with Crippen LogP contribution in [-0.4, -0.2) is 21.5 Å². The molecule has 25 heavy (non-hydrogen) atoms. The first kappa shape index (κ1) is 18.8. The molecule has 0 unspecified atom stereocenters. The molecule has 2 aromatic carbocycles. The third-order valence-electron chi connectivity index (χ3n) is 3.30. The molecular formula is C16H14F3NO4S. The van der Waals surface area contributed by atoms with Crippen LogP contribution in [0, 0.1) is 6.92 Å². The van der Waals surface area contributed by atoms with E-state index in [4.69, 9.17) is 0 Å². The number of methoxy groups -OCH3 is 1. The van der Waals surface area contributed by atoms with Crippen molar-refractivity contribution in [3.05, 3.63) is 59.2 Å². The number of nitrogens with one attached hydrogen (secondary N) is 1. The van der Waals surface area contributed by atoms with Gasteiger partial charge in [-0.1, -0.05) is 17.7 Å². The summed E-state index contributed by atoms with van der Waals surface area (Å²) in [6.07, 6.45) is -4.67. The predicted octanol–water partition coefficient (Wildman–Crippen LogP) is 3.60. The fraction of sp³-hybridized carbons (Fsp3) is 0.188. The number of alkyl halides is 3. The molecule has 0 amide bonds. The smallest absolute Gasteiger partial charge is 0.416 e. The van der Waals surface area contributed by atoms with Gasteiger partial charge in [-0.2, -0.15) is 13.2 Å². The molecule has 134 valence electrons. The maximum absolute atomic E-state index is 12.8. The Bertz CT molecular complexity index is 908. The average molecular weight is 373 g/mol. The first-order valence-corrected chi connectivity index (χ1v) is 8.42. The van der Waals surface area contributed by atoms with Crippen LogP contribution in [0.15, 0.2) is 47.4 Å². The van der Waals surface area contributed by atoms with Crippen LogP contribution >= 0.6 is 0 Å². The maximum atomic E-state index is 12.8. The molecule has 0 aliphatic heterocycles. The lowest BCUT2D eigenvalue weighted by Crippen LogP contribution is -2.17. The zero-order valence-corrected chi connectivity index (χ0v) is 14.0. The Labute approximate surface area is 142 Å². The summed E-state index contributed by atoms with van der Waals surface area (Å²) in [7, 11) is -3.20. The molecule has 5 nitrogen and oxygen atoms in total. The Balaban J connectivity index is 2.45. The van der Waals surface area contributed by atoms with E-state index < -0.39 is 32.6 Å². The fourth-order valence-corrected chi connectivity index (χ4v) is 3.19. The molecular weight excluding hydrogens is 359 g/mol. The normalized spacial score (nSPS) is 11.9. The highest BCUT2D eigenvalue weighted by atomic mass is 32.2. The topological polar surface area (TPSA) is 72.5 Å². The van der Waals surface area contributed by atoms with E-state index in [0.717, 1.165) is 25.3 Å². The molecule has 9 heteroatoms. The molecule has 2 aromatic rings. The van der Waals surface area contributed by atoms with Crippen LogP contribution < -0.4 is 4.72 Å². The van der Waals surface area contributed by atoms with E-state index in [0.29, 0.717) is 11.6 Å². The van der Waals surface area contributed by atoms with Gasteiger partial charge in [0.25, 0.3) is 10.0 Å². The number of anilines is 1. The number of carbonyl (C=O) groups excluding carboxylic acids is 1. The van der Waals surface area contributed by atoms with E-state index >= 15 is 0 Å². The van der Waals surface area contributed by atoms with E-state index in [9.17, 15) is 26.4 Å². The lowest BCUT2D eigenvalue weighted by atomic mass is 10.1. The second-order valence-electron chi connectivity index (χ2n) is 5.17. The highest BCUT2D eigenvalue weighted by Crippen LogP contribution is 2.31. The van der Waals surface area contributed by atoms with Gasteiger partial charge in [-0.3, -0.25) is 4.72 Å². The monoisotopic (exact) mass is 373 g/mol. The summed E-state index contributed by atoms with van der Waals surface area (Å²) in [6, 6.07) is 7.62. The lowest BCUT2D eigenvalue weighted by Gasteiger charge is -2.13. The molecule has 0 saturated carbocycles. The highest BCUT2D eigenvalue weighted by Gasteiger charge is 2.31. The molecule has 2 rings (SSSR count). The number of hydrogen-bond acceptors (Lipinski definition) is 4. The van der Waals surface area contributed by atoms with Crippen molar-refractivity contribution in [2.75, 3.05) is 11.8 Å². The molecule has 0 aromatic heterocycles. The van der Waals surface area contributed by atoms with Crippen LogP contribution in [0.3, 0.4) is 0 Å². The van der Waals surface area contributed by atoms with E-state index in [2.05, 4.69) is 9.46 Å². The van der Waals surface area contributed by atoms with Crippen molar-refractivity contribution in [2.45, 2.75) is 18.0 Å². The molecule has 0 heterocycles. The lowest BCUT2D eigenvalue weighted by molar-refractivity contribution is -0.137. The van der Waals surface area contributed by atoms with Gasteiger partial charge in [0.05, 0.1) is 28.8 Å². The predicted molar refractivity (Wildman–Crippen MR) is 84.8 cm³/mol. The number of carbonyl (C=O) groups is 1. The molecule has 1 N–H and O–H groups in total. The maximum Gasteiger partial charge on any atom is 0.416 e. The number of rotatable bonds is 4. The summed E-state index contributed by atoms with van der Waals surface area (Å²) < 4.78 is 69.8. The summed E-state index contributed by atoms with van der Waals surface area (Å²) in [4.78, 5) is 11.2. The van der Waals surface area contributed by atoms with Crippen molar-refractivity contribution in [3.8, 4) is 0 Å². The second kappa shape index (κ2) is 6.75. The van der Waals surface area contributed by atoms with Crippen LogP contribution in [0.5, 0.6) is 0 Å². The molecule has 0 spiro atoms. The van der Waals surface area contributed by atoms with Gasteiger partial charge < -0.3 is 4.74 Å². The largest absolute Gasteiger partial charge is 0.465 e. The second-order valence-corrected chi connectivity index (χ2v) is 6.85. The number of hydrogen-bond donors (Lipinski definition) is 1. The van der Waals surface area contributed by atoms with E-state index in [1.54, 1.807) is 13.0 Å². The Morgan fingerprint density at radius 2 is 1.80 bits per heavy atom. The third kappa shape index (κ3) is 4.30. The molecule has 0 bridgehead atoms.